The Balaban J connectivity index is 1.60. The van der Waals surface area contributed by atoms with Gasteiger partial charge in [-0.3, -0.25) is 4.90 Å². The summed E-state index contributed by atoms with van der Waals surface area (Å²) in [5.74, 6) is 1.21. The molecule has 0 amide bonds. The number of piperazine rings is 1. The Labute approximate surface area is 168 Å². The number of hydrogen-bond acceptors (Lipinski definition) is 7. The van der Waals surface area contributed by atoms with Crippen LogP contribution in [0.15, 0.2) is 23.2 Å². The summed E-state index contributed by atoms with van der Waals surface area (Å²) in [5.41, 5.74) is 0. The van der Waals surface area contributed by atoms with E-state index in [0.29, 0.717) is 30.9 Å². The lowest BCUT2D eigenvalue weighted by molar-refractivity contribution is 0.00953. The lowest BCUT2D eigenvalue weighted by Crippen LogP contribution is -2.49. The van der Waals surface area contributed by atoms with Crippen molar-refractivity contribution in [3.63, 3.8) is 0 Å². The van der Waals surface area contributed by atoms with E-state index in [2.05, 4.69) is 33.9 Å². The molecule has 8 nitrogen and oxygen atoms in total. The zero-order chi connectivity index (χ0) is 20.1. The van der Waals surface area contributed by atoms with Crippen molar-refractivity contribution in [1.82, 2.24) is 19.1 Å². The molecule has 2 aliphatic heterocycles. The minimum atomic E-state index is -3.47. The number of likely N-dealkylation sites (N-methyl/N-ethyl adjacent to an activating group) is 1. The first-order valence-electron chi connectivity index (χ1n) is 10.1. The topological polar surface area (TPSA) is 78.0 Å². The molecule has 3 heterocycles. The zero-order valence-corrected chi connectivity index (χ0v) is 18.0. The third-order valence-electron chi connectivity index (χ3n) is 5.61. The van der Waals surface area contributed by atoms with Gasteiger partial charge in [0.1, 0.15) is 10.7 Å². The zero-order valence-electron chi connectivity index (χ0n) is 17.2. The van der Waals surface area contributed by atoms with Crippen LogP contribution in [0.25, 0.3) is 0 Å². The summed E-state index contributed by atoms with van der Waals surface area (Å²) in [4.78, 5) is 9.21. The minimum absolute atomic E-state index is 0.260. The molecule has 0 aliphatic carbocycles. The van der Waals surface area contributed by atoms with Crippen LogP contribution >= 0.6 is 0 Å². The van der Waals surface area contributed by atoms with Gasteiger partial charge < -0.3 is 15.0 Å². The molecule has 2 saturated heterocycles. The number of sulfonamides is 1. The lowest BCUT2D eigenvalue weighted by Gasteiger charge is -2.37. The maximum atomic E-state index is 12.8. The summed E-state index contributed by atoms with van der Waals surface area (Å²) in [6, 6.07) is 3.81. The number of hydrogen-bond donors (Lipinski definition) is 1. The summed E-state index contributed by atoms with van der Waals surface area (Å²) >= 11 is 0. The fourth-order valence-corrected chi connectivity index (χ4v) is 5.09. The van der Waals surface area contributed by atoms with Gasteiger partial charge in [0.25, 0.3) is 0 Å². The van der Waals surface area contributed by atoms with Crippen molar-refractivity contribution in [2.24, 2.45) is 5.92 Å². The Kier molecular flexibility index (Phi) is 7.27. The lowest BCUT2D eigenvalue weighted by atomic mass is 10.0. The number of pyridine rings is 1. The summed E-state index contributed by atoms with van der Waals surface area (Å²) in [6.07, 6.45) is 1.47. The minimum Gasteiger partial charge on any atom is -0.379 e. The third kappa shape index (κ3) is 5.21. The van der Waals surface area contributed by atoms with E-state index in [4.69, 9.17) is 4.74 Å². The van der Waals surface area contributed by atoms with Crippen LogP contribution in [-0.2, 0) is 14.8 Å². The standard InChI is InChI=1S/C19H33N5O3S/c1-16(2)18(23-10-12-27-13-11-23)15-21-19-5-4-17(14-20-19)28(25,26)24-8-6-22(3)7-9-24/h4-5,14,16,18H,6-13,15H2,1-3H3,(H,20,21). The third-order valence-corrected chi connectivity index (χ3v) is 7.50. The molecule has 0 aromatic carbocycles. The molecule has 1 N–H and O–H groups in total. The molecule has 9 heteroatoms. The van der Waals surface area contributed by atoms with Crippen LogP contribution in [0.3, 0.4) is 0 Å². The molecule has 1 aromatic heterocycles. The molecule has 3 rings (SSSR count). The molecule has 1 aromatic rings. The van der Waals surface area contributed by atoms with E-state index in [0.717, 1.165) is 45.9 Å². The number of rotatable bonds is 7. The second-order valence-electron chi connectivity index (χ2n) is 7.93. The van der Waals surface area contributed by atoms with E-state index < -0.39 is 10.0 Å². The van der Waals surface area contributed by atoms with Crippen LogP contribution in [0.4, 0.5) is 5.82 Å². The molecule has 158 valence electrons. The van der Waals surface area contributed by atoms with Gasteiger partial charge >= 0.3 is 0 Å². The molecule has 1 unspecified atom stereocenters. The number of anilines is 1. The summed E-state index contributed by atoms with van der Waals surface area (Å²) in [7, 11) is -1.46. The van der Waals surface area contributed by atoms with Crippen LogP contribution in [-0.4, -0.2) is 99.6 Å². The fraction of sp³-hybridized carbons (Fsp3) is 0.737. The largest absolute Gasteiger partial charge is 0.379 e. The highest BCUT2D eigenvalue weighted by molar-refractivity contribution is 7.89. The number of ether oxygens (including phenoxy) is 1. The van der Waals surface area contributed by atoms with Crippen molar-refractivity contribution >= 4 is 15.8 Å². The molecular weight excluding hydrogens is 378 g/mol. The van der Waals surface area contributed by atoms with E-state index in [1.54, 1.807) is 16.4 Å². The van der Waals surface area contributed by atoms with E-state index in [-0.39, 0.29) is 4.90 Å². The first-order chi connectivity index (χ1) is 13.4. The number of morpholine rings is 1. The predicted molar refractivity (Wildman–Crippen MR) is 110 cm³/mol. The van der Waals surface area contributed by atoms with Gasteiger partial charge in [0.15, 0.2) is 0 Å². The Bertz CT molecular complexity index is 712. The first-order valence-corrected chi connectivity index (χ1v) is 11.5. The summed E-state index contributed by atoms with van der Waals surface area (Å²) < 4.78 is 32.6. The number of aromatic nitrogens is 1. The van der Waals surface area contributed by atoms with Crippen LogP contribution in [0.2, 0.25) is 0 Å². The molecule has 2 aliphatic rings. The van der Waals surface area contributed by atoms with Crippen molar-refractivity contribution in [3.05, 3.63) is 18.3 Å². The Morgan fingerprint density at radius 3 is 2.36 bits per heavy atom. The molecule has 0 bridgehead atoms. The Morgan fingerprint density at radius 2 is 1.79 bits per heavy atom. The van der Waals surface area contributed by atoms with Gasteiger partial charge in [0.05, 0.1) is 13.2 Å². The van der Waals surface area contributed by atoms with Gasteiger partial charge in [0.2, 0.25) is 10.0 Å². The van der Waals surface area contributed by atoms with E-state index in [9.17, 15) is 8.42 Å². The second kappa shape index (κ2) is 9.49. The molecule has 0 radical (unpaired) electrons. The van der Waals surface area contributed by atoms with Crippen molar-refractivity contribution in [3.8, 4) is 0 Å². The normalized spacial score (nSPS) is 21.7. The smallest absolute Gasteiger partial charge is 0.244 e. The van der Waals surface area contributed by atoms with Crippen LogP contribution < -0.4 is 5.32 Å². The fourth-order valence-electron chi connectivity index (χ4n) is 3.72. The van der Waals surface area contributed by atoms with Crippen molar-refractivity contribution in [1.29, 1.82) is 0 Å². The highest BCUT2D eigenvalue weighted by atomic mass is 32.2. The monoisotopic (exact) mass is 411 g/mol. The highest BCUT2D eigenvalue weighted by Gasteiger charge is 2.28. The highest BCUT2D eigenvalue weighted by Crippen LogP contribution is 2.19. The van der Waals surface area contributed by atoms with Crippen LogP contribution in [0, 0.1) is 5.92 Å². The quantitative estimate of drug-likeness (QED) is 0.711. The molecule has 1 atom stereocenters. The van der Waals surface area contributed by atoms with E-state index in [1.165, 1.54) is 6.20 Å². The molecule has 0 saturated carbocycles. The average molecular weight is 412 g/mol. The number of nitrogens with zero attached hydrogens (tertiary/aromatic N) is 4. The van der Waals surface area contributed by atoms with Gasteiger partial charge in [0, 0.05) is 58.1 Å². The molecule has 0 spiro atoms. The van der Waals surface area contributed by atoms with Crippen LogP contribution in [0.5, 0.6) is 0 Å². The summed E-state index contributed by atoms with van der Waals surface area (Å²) in [5, 5.41) is 3.38. The van der Waals surface area contributed by atoms with Crippen molar-refractivity contribution < 1.29 is 13.2 Å². The van der Waals surface area contributed by atoms with Gasteiger partial charge in [-0.2, -0.15) is 4.31 Å². The predicted octanol–water partition coefficient (Wildman–Crippen LogP) is 0.786. The Morgan fingerprint density at radius 1 is 1.11 bits per heavy atom. The first kappa shape index (κ1) is 21.4. The maximum absolute atomic E-state index is 12.8. The Hall–Kier alpha value is -1.26. The molecular formula is C19H33N5O3S. The second-order valence-corrected chi connectivity index (χ2v) is 9.87. The van der Waals surface area contributed by atoms with Gasteiger partial charge in [-0.1, -0.05) is 13.8 Å². The average Bonchev–Trinajstić information content (AvgIpc) is 2.69. The van der Waals surface area contributed by atoms with Crippen molar-refractivity contribution in [2.75, 3.05) is 71.4 Å². The maximum Gasteiger partial charge on any atom is 0.244 e. The molecule has 28 heavy (non-hydrogen) atoms. The van der Waals surface area contributed by atoms with Crippen LogP contribution in [0.1, 0.15) is 13.8 Å². The van der Waals surface area contributed by atoms with Gasteiger partial charge in [-0.15, -0.1) is 0 Å². The van der Waals surface area contributed by atoms with Gasteiger partial charge in [-0.05, 0) is 25.1 Å². The SMILES string of the molecule is CC(C)C(CNc1ccc(S(=O)(=O)N2CCN(C)CC2)cn1)N1CCOCC1. The molecule has 2 fully saturated rings. The number of nitrogens with one attached hydrogen (secondary N) is 1. The van der Waals surface area contributed by atoms with Gasteiger partial charge in [-0.25, -0.2) is 13.4 Å². The summed E-state index contributed by atoms with van der Waals surface area (Å²) in [6.45, 7) is 11.2. The van der Waals surface area contributed by atoms with E-state index >= 15 is 0 Å². The van der Waals surface area contributed by atoms with Crippen molar-refractivity contribution in [2.45, 2.75) is 24.8 Å². The van der Waals surface area contributed by atoms with E-state index in [1.807, 2.05) is 7.05 Å².